The highest BCUT2D eigenvalue weighted by Crippen LogP contribution is 2.14. The molecular formula is C9H8AlCl3O3S. The van der Waals surface area contributed by atoms with Crippen LogP contribution in [0, 0.1) is 0 Å². The lowest BCUT2D eigenvalue weighted by Gasteiger charge is -1.97. The predicted octanol–water partition coefficient (Wildman–Crippen LogP) is 3.36. The maximum Gasteiger partial charge on any atom is 0.643 e. The Morgan fingerprint density at radius 1 is 1.18 bits per heavy atom. The number of carbonyl (C=O) groups excluding carboxylic acids is 1. The summed E-state index contributed by atoms with van der Waals surface area (Å²) in [7, 11) is 14.8. The summed E-state index contributed by atoms with van der Waals surface area (Å²) in [5, 5.41) is 8.41. The Balaban J connectivity index is 0.000000557. The third kappa shape index (κ3) is 7.93. The fourth-order valence-corrected chi connectivity index (χ4v) is 1.27. The number of carbonyl (C=O) groups is 2. The summed E-state index contributed by atoms with van der Waals surface area (Å²) < 4.78 is 0. The Bertz CT molecular complexity index is 381. The molecule has 1 rings (SSSR count). The molecule has 8 heteroatoms. The number of thioether (sulfide) groups is 1. The SMILES string of the molecule is CSc1ccc(C(=O)C(=O)O)cc1.[Cl][Al]([Cl])[Cl]. The van der Waals surface area contributed by atoms with E-state index in [0.29, 0.717) is 0 Å². The first-order valence-electron chi connectivity index (χ1n) is 4.22. The Labute approximate surface area is 120 Å². The van der Waals surface area contributed by atoms with Crippen LogP contribution in [0.25, 0.3) is 0 Å². The molecule has 17 heavy (non-hydrogen) atoms. The first kappa shape index (κ1) is 17.1. The number of carboxylic acids is 1. The van der Waals surface area contributed by atoms with Gasteiger partial charge in [0, 0.05) is 10.5 Å². The van der Waals surface area contributed by atoms with Crippen molar-refractivity contribution in [2.24, 2.45) is 0 Å². The normalized spacial score (nSPS) is 8.94. The van der Waals surface area contributed by atoms with Crippen molar-refractivity contribution in [3.8, 4) is 0 Å². The van der Waals surface area contributed by atoms with Crippen LogP contribution >= 0.6 is 41.9 Å². The summed E-state index contributed by atoms with van der Waals surface area (Å²) in [4.78, 5) is 22.2. The summed E-state index contributed by atoms with van der Waals surface area (Å²) >= 11 is -0.183. The summed E-state index contributed by atoms with van der Waals surface area (Å²) in [5.41, 5.74) is 0.213. The fraction of sp³-hybridized carbons (Fsp3) is 0.111. The molecule has 0 spiro atoms. The van der Waals surface area contributed by atoms with Crippen molar-refractivity contribution in [2.45, 2.75) is 4.90 Å². The van der Waals surface area contributed by atoms with Gasteiger partial charge in [0.05, 0.1) is 0 Å². The van der Waals surface area contributed by atoms with Crippen LogP contribution in [-0.2, 0) is 4.79 Å². The third-order valence-corrected chi connectivity index (χ3v) is 2.29. The fourth-order valence-electron chi connectivity index (χ4n) is 0.866. The molecule has 0 saturated heterocycles. The Hall–Kier alpha value is 0.112. The van der Waals surface area contributed by atoms with Gasteiger partial charge in [-0.25, -0.2) is 34.9 Å². The second-order valence-corrected chi connectivity index (χ2v) is 9.92. The van der Waals surface area contributed by atoms with Crippen molar-refractivity contribution in [2.75, 3.05) is 6.26 Å². The van der Waals surface area contributed by atoms with Gasteiger partial charge in [0.2, 0.25) is 0 Å². The van der Waals surface area contributed by atoms with Crippen LogP contribution in [0.4, 0.5) is 0 Å². The van der Waals surface area contributed by atoms with Gasteiger partial charge in [0.15, 0.2) is 0 Å². The molecule has 1 aromatic carbocycles. The molecule has 0 aromatic heterocycles. The van der Waals surface area contributed by atoms with E-state index in [0.717, 1.165) is 4.90 Å². The van der Waals surface area contributed by atoms with Gasteiger partial charge in [-0.2, -0.15) is 0 Å². The van der Waals surface area contributed by atoms with Crippen LogP contribution in [-0.4, -0.2) is 34.5 Å². The van der Waals surface area contributed by atoms with Crippen LogP contribution in [0.15, 0.2) is 29.2 Å². The molecule has 92 valence electrons. The van der Waals surface area contributed by atoms with Crippen molar-refractivity contribution in [3.63, 3.8) is 0 Å². The maximum absolute atomic E-state index is 10.9. The van der Waals surface area contributed by atoms with Crippen molar-refractivity contribution in [1.29, 1.82) is 0 Å². The zero-order chi connectivity index (χ0) is 13.4. The quantitative estimate of drug-likeness (QED) is 0.400. The minimum atomic E-state index is -1.72. The molecule has 0 aliphatic rings. The van der Waals surface area contributed by atoms with Crippen molar-refractivity contribution < 1.29 is 14.7 Å². The molecule has 1 aromatic rings. The van der Waals surface area contributed by atoms with Gasteiger partial charge in [-0.05, 0) is 30.5 Å². The number of rotatable bonds is 3. The number of aliphatic carboxylic acids is 1. The predicted molar refractivity (Wildman–Crippen MR) is 73.5 cm³/mol. The number of carboxylic acid groups (broad SMARTS) is 1. The van der Waals surface area contributed by atoms with E-state index >= 15 is 0 Å². The van der Waals surface area contributed by atoms with Gasteiger partial charge < -0.3 is 5.11 Å². The second kappa shape index (κ2) is 9.10. The summed E-state index contributed by atoms with van der Waals surface area (Å²) in [6.45, 7) is 0. The number of hydrogen-bond donors (Lipinski definition) is 1. The van der Waals surface area contributed by atoms with Gasteiger partial charge in [0.1, 0.15) is 0 Å². The van der Waals surface area contributed by atoms with Gasteiger partial charge in [-0.15, -0.1) is 11.8 Å². The molecule has 0 unspecified atom stereocenters. The Kier molecular flexibility index (Phi) is 9.16. The van der Waals surface area contributed by atoms with Crippen LogP contribution in [0.1, 0.15) is 10.4 Å². The van der Waals surface area contributed by atoms with Gasteiger partial charge in [0.25, 0.3) is 5.78 Å². The summed E-state index contributed by atoms with van der Waals surface area (Å²) in [6, 6.07) is 6.48. The van der Waals surface area contributed by atoms with Gasteiger partial charge in [-0.3, -0.25) is 4.79 Å². The van der Waals surface area contributed by atoms with Crippen molar-refractivity contribution in [3.05, 3.63) is 29.8 Å². The first-order valence-corrected chi connectivity index (χ1v) is 10.7. The Morgan fingerprint density at radius 3 is 1.88 bits per heavy atom. The van der Waals surface area contributed by atoms with E-state index in [2.05, 4.69) is 0 Å². The second-order valence-electron chi connectivity index (χ2n) is 2.61. The minimum absolute atomic E-state index is 0.213. The van der Waals surface area contributed by atoms with E-state index in [1.807, 2.05) is 6.26 Å². The topological polar surface area (TPSA) is 54.4 Å². The molecule has 0 amide bonds. The van der Waals surface area contributed by atoms with E-state index in [4.69, 9.17) is 35.3 Å². The molecule has 0 bridgehead atoms. The monoisotopic (exact) mass is 328 g/mol. The number of Topliss-reactive ketones (excluding diaryl/α,β-unsaturated/α-hetero) is 1. The lowest BCUT2D eigenvalue weighted by Crippen LogP contribution is -2.12. The molecule has 0 aliphatic heterocycles. The van der Waals surface area contributed by atoms with E-state index in [1.165, 1.54) is 23.9 Å². The number of halogens is 3. The van der Waals surface area contributed by atoms with E-state index in [9.17, 15) is 9.59 Å². The molecule has 0 atom stereocenters. The third-order valence-electron chi connectivity index (χ3n) is 1.55. The van der Waals surface area contributed by atoms with E-state index in [-0.39, 0.29) is 5.56 Å². The molecule has 3 nitrogen and oxygen atoms in total. The zero-order valence-electron chi connectivity index (χ0n) is 8.69. The standard InChI is InChI=1S/C9H8O3S.Al.3ClH/c1-13-7-4-2-6(3-5-7)8(10)9(11)12;;;;/h2-5H,1H3,(H,11,12);;3*1H/q;+3;;;/p-3. The molecule has 0 saturated carbocycles. The highest BCUT2D eigenvalue weighted by Gasteiger charge is 2.13. The molecular weight excluding hydrogens is 322 g/mol. The number of hydrogen-bond acceptors (Lipinski definition) is 3. The molecule has 0 heterocycles. The molecule has 0 aliphatic carbocycles. The first-order chi connectivity index (χ1) is 7.88. The molecule has 0 radical (unpaired) electrons. The van der Waals surface area contributed by atoms with Crippen LogP contribution in [0.5, 0.6) is 0 Å². The van der Waals surface area contributed by atoms with Crippen LogP contribution in [0.3, 0.4) is 0 Å². The van der Waals surface area contributed by atoms with E-state index in [1.54, 1.807) is 12.1 Å². The smallest absolute Gasteiger partial charge is 0.475 e. The lowest BCUT2D eigenvalue weighted by atomic mass is 10.1. The largest absolute Gasteiger partial charge is 0.643 e. The summed E-state index contributed by atoms with van der Waals surface area (Å²) in [5.74, 6) is -2.29. The lowest BCUT2D eigenvalue weighted by molar-refractivity contribution is -0.131. The Morgan fingerprint density at radius 2 is 1.59 bits per heavy atom. The van der Waals surface area contributed by atoms with Gasteiger partial charge >= 0.3 is 17.4 Å². The zero-order valence-corrected chi connectivity index (χ0v) is 12.9. The van der Waals surface area contributed by atoms with Crippen LogP contribution in [0.2, 0.25) is 0 Å². The average Bonchev–Trinajstić information content (AvgIpc) is 2.27. The van der Waals surface area contributed by atoms with Crippen LogP contribution < -0.4 is 0 Å². The highest BCUT2D eigenvalue weighted by molar-refractivity contribution is 7.98. The average molecular weight is 330 g/mol. The van der Waals surface area contributed by atoms with Crippen molar-refractivity contribution in [1.82, 2.24) is 0 Å². The van der Waals surface area contributed by atoms with Gasteiger partial charge in [-0.1, -0.05) is 0 Å². The minimum Gasteiger partial charge on any atom is -0.475 e. The number of benzene rings is 1. The van der Waals surface area contributed by atoms with E-state index < -0.39 is 23.1 Å². The number of ketones is 1. The molecule has 1 N–H and O–H groups in total. The summed E-state index contributed by atoms with van der Waals surface area (Å²) in [6.07, 6.45) is 1.91. The molecule has 0 fully saturated rings. The van der Waals surface area contributed by atoms with Crippen molar-refractivity contribution >= 4 is 65.0 Å². The highest BCUT2D eigenvalue weighted by atomic mass is 35.8. The maximum atomic E-state index is 10.9.